The molecule has 2 aliphatic rings. The number of nitrogens with one attached hydrogen (secondary N) is 1. The van der Waals surface area contributed by atoms with Crippen molar-refractivity contribution in [2.75, 3.05) is 46.6 Å². The van der Waals surface area contributed by atoms with Gasteiger partial charge in [-0.25, -0.2) is 0 Å². The average Bonchev–Trinajstić information content (AvgIpc) is 3.34. The lowest BCUT2D eigenvalue weighted by molar-refractivity contribution is 0.171. The van der Waals surface area contributed by atoms with Crippen LogP contribution in [0.4, 0.5) is 0 Å². The fraction of sp³-hybridized carbons (Fsp3) is 0.526. The molecule has 0 atom stereocenters. The van der Waals surface area contributed by atoms with Crippen molar-refractivity contribution in [3.8, 4) is 11.5 Å². The van der Waals surface area contributed by atoms with Crippen LogP contribution in [0.25, 0.3) is 0 Å². The Morgan fingerprint density at radius 1 is 1.18 bits per heavy atom. The number of hydrogen-bond donors (Lipinski definition) is 1. The summed E-state index contributed by atoms with van der Waals surface area (Å²) < 4.78 is 16.0. The molecule has 1 saturated heterocycles. The minimum absolute atomic E-state index is 0.315. The van der Waals surface area contributed by atoms with E-state index in [1.807, 2.05) is 20.0 Å². The number of fused-ring (bicyclic) bond motifs is 1. The van der Waals surface area contributed by atoms with Crippen molar-refractivity contribution in [3.63, 3.8) is 0 Å². The number of piperazine rings is 1. The van der Waals surface area contributed by atoms with Crippen LogP contribution in [0, 0.1) is 6.92 Å². The van der Waals surface area contributed by atoms with Gasteiger partial charge in [0, 0.05) is 52.7 Å². The molecular formula is C19H26N6O3. The summed E-state index contributed by atoms with van der Waals surface area (Å²) in [6, 6.07) is 6.18. The third kappa shape index (κ3) is 4.36. The van der Waals surface area contributed by atoms with Gasteiger partial charge in [0.2, 0.25) is 12.7 Å². The normalized spacial score (nSPS) is 17.2. The first-order chi connectivity index (χ1) is 13.7. The van der Waals surface area contributed by atoms with E-state index >= 15 is 0 Å². The maximum absolute atomic E-state index is 5.47. The molecule has 1 aromatic heterocycles. The van der Waals surface area contributed by atoms with E-state index in [1.165, 1.54) is 5.56 Å². The number of rotatable bonds is 5. The molecule has 1 fully saturated rings. The standard InChI is InChI=1S/C19H26N6O3/c1-14-22-18(28-23-14)5-6-21-19(20-2)25-9-7-24(8-10-25)12-15-3-4-16-17(11-15)27-13-26-16/h3-4,11H,5-10,12-13H2,1-2H3,(H,20,21). The molecule has 0 saturated carbocycles. The Labute approximate surface area is 164 Å². The van der Waals surface area contributed by atoms with Crippen molar-refractivity contribution < 1.29 is 14.0 Å². The second-order valence-electron chi connectivity index (χ2n) is 6.91. The molecule has 1 N–H and O–H groups in total. The monoisotopic (exact) mass is 386 g/mol. The topological polar surface area (TPSA) is 88.2 Å². The van der Waals surface area contributed by atoms with Crippen LogP contribution in [0.3, 0.4) is 0 Å². The Bertz CT molecular complexity index is 829. The van der Waals surface area contributed by atoms with Gasteiger partial charge in [0.05, 0.1) is 0 Å². The lowest BCUT2D eigenvalue weighted by Gasteiger charge is -2.36. The van der Waals surface area contributed by atoms with Crippen LogP contribution in [0.5, 0.6) is 11.5 Å². The number of hydrogen-bond acceptors (Lipinski definition) is 7. The summed E-state index contributed by atoms with van der Waals surface area (Å²) in [4.78, 5) is 13.4. The van der Waals surface area contributed by atoms with Crippen LogP contribution in [0.2, 0.25) is 0 Å². The zero-order chi connectivity index (χ0) is 19.3. The van der Waals surface area contributed by atoms with Gasteiger partial charge in [-0.3, -0.25) is 9.89 Å². The second kappa shape index (κ2) is 8.47. The van der Waals surface area contributed by atoms with Crippen molar-refractivity contribution >= 4 is 5.96 Å². The lowest BCUT2D eigenvalue weighted by atomic mass is 10.1. The molecule has 3 heterocycles. The lowest BCUT2D eigenvalue weighted by Crippen LogP contribution is -2.52. The highest BCUT2D eigenvalue weighted by Gasteiger charge is 2.21. The number of aryl methyl sites for hydroxylation is 1. The first-order valence-corrected chi connectivity index (χ1v) is 9.57. The van der Waals surface area contributed by atoms with Gasteiger partial charge < -0.3 is 24.2 Å². The Morgan fingerprint density at radius 2 is 2.00 bits per heavy atom. The number of ether oxygens (including phenoxy) is 2. The van der Waals surface area contributed by atoms with E-state index in [1.54, 1.807) is 0 Å². The molecule has 4 rings (SSSR count). The molecule has 2 aliphatic heterocycles. The van der Waals surface area contributed by atoms with Gasteiger partial charge in [0.1, 0.15) is 0 Å². The highest BCUT2D eigenvalue weighted by molar-refractivity contribution is 5.80. The Hall–Kier alpha value is -2.81. The van der Waals surface area contributed by atoms with Crippen LogP contribution in [-0.4, -0.2) is 72.5 Å². The summed E-state index contributed by atoms with van der Waals surface area (Å²) in [6.07, 6.45) is 0.684. The number of benzene rings is 1. The van der Waals surface area contributed by atoms with E-state index in [-0.39, 0.29) is 0 Å². The van der Waals surface area contributed by atoms with Crippen LogP contribution in [0.15, 0.2) is 27.7 Å². The molecule has 0 radical (unpaired) electrons. The predicted octanol–water partition coefficient (Wildman–Crippen LogP) is 1.04. The molecule has 1 aromatic carbocycles. The van der Waals surface area contributed by atoms with Crippen LogP contribution >= 0.6 is 0 Å². The molecule has 150 valence electrons. The molecule has 0 amide bonds. The number of aliphatic imine (C=N–C) groups is 1. The molecule has 0 bridgehead atoms. The van der Waals surface area contributed by atoms with Crippen LogP contribution in [-0.2, 0) is 13.0 Å². The summed E-state index contributed by atoms with van der Waals surface area (Å²) in [6.45, 7) is 7.60. The van der Waals surface area contributed by atoms with Gasteiger partial charge in [-0.1, -0.05) is 11.2 Å². The van der Waals surface area contributed by atoms with Crippen LogP contribution in [0.1, 0.15) is 17.3 Å². The number of nitrogens with zero attached hydrogens (tertiary/aromatic N) is 5. The maximum Gasteiger partial charge on any atom is 0.231 e. The summed E-state index contributed by atoms with van der Waals surface area (Å²) in [5.41, 5.74) is 1.25. The van der Waals surface area contributed by atoms with Crippen molar-refractivity contribution in [2.24, 2.45) is 4.99 Å². The Morgan fingerprint density at radius 3 is 2.75 bits per heavy atom. The number of aromatic nitrogens is 2. The Kier molecular flexibility index (Phi) is 5.61. The van der Waals surface area contributed by atoms with E-state index in [9.17, 15) is 0 Å². The van der Waals surface area contributed by atoms with Crippen molar-refractivity contribution in [3.05, 3.63) is 35.5 Å². The summed E-state index contributed by atoms with van der Waals surface area (Å²) in [5.74, 6) is 3.90. The van der Waals surface area contributed by atoms with E-state index < -0.39 is 0 Å². The molecule has 0 aliphatic carbocycles. The first-order valence-electron chi connectivity index (χ1n) is 9.57. The van der Waals surface area contributed by atoms with Gasteiger partial charge in [0.25, 0.3) is 0 Å². The van der Waals surface area contributed by atoms with Gasteiger partial charge in [-0.15, -0.1) is 0 Å². The molecule has 0 spiro atoms. The fourth-order valence-electron chi connectivity index (χ4n) is 3.47. The Balaban J connectivity index is 1.23. The minimum Gasteiger partial charge on any atom is -0.454 e. The van der Waals surface area contributed by atoms with Gasteiger partial charge in [-0.05, 0) is 24.6 Å². The fourth-order valence-corrected chi connectivity index (χ4v) is 3.47. The highest BCUT2D eigenvalue weighted by atomic mass is 16.7. The molecule has 0 unspecified atom stereocenters. The van der Waals surface area contributed by atoms with Gasteiger partial charge in [-0.2, -0.15) is 4.98 Å². The second-order valence-corrected chi connectivity index (χ2v) is 6.91. The smallest absolute Gasteiger partial charge is 0.231 e. The van der Waals surface area contributed by atoms with Gasteiger partial charge in [0.15, 0.2) is 23.3 Å². The van der Waals surface area contributed by atoms with E-state index in [0.29, 0.717) is 31.5 Å². The summed E-state index contributed by atoms with van der Waals surface area (Å²) >= 11 is 0. The largest absolute Gasteiger partial charge is 0.454 e. The number of guanidine groups is 1. The third-order valence-electron chi connectivity index (χ3n) is 4.92. The highest BCUT2D eigenvalue weighted by Crippen LogP contribution is 2.32. The van der Waals surface area contributed by atoms with E-state index in [2.05, 4.69) is 42.4 Å². The van der Waals surface area contributed by atoms with Crippen molar-refractivity contribution in [1.29, 1.82) is 0 Å². The molecule has 9 heteroatoms. The predicted molar refractivity (Wildman–Crippen MR) is 104 cm³/mol. The molecule has 2 aromatic rings. The van der Waals surface area contributed by atoms with Gasteiger partial charge >= 0.3 is 0 Å². The third-order valence-corrected chi connectivity index (χ3v) is 4.92. The zero-order valence-corrected chi connectivity index (χ0v) is 16.3. The minimum atomic E-state index is 0.315. The summed E-state index contributed by atoms with van der Waals surface area (Å²) in [7, 11) is 1.82. The maximum atomic E-state index is 5.47. The molecule has 9 nitrogen and oxygen atoms in total. The first kappa shape index (κ1) is 18.5. The van der Waals surface area contributed by atoms with Crippen LogP contribution < -0.4 is 14.8 Å². The average molecular weight is 386 g/mol. The molecule has 28 heavy (non-hydrogen) atoms. The van der Waals surface area contributed by atoms with E-state index in [0.717, 1.165) is 50.2 Å². The zero-order valence-electron chi connectivity index (χ0n) is 16.3. The van der Waals surface area contributed by atoms with E-state index in [4.69, 9.17) is 14.0 Å². The van der Waals surface area contributed by atoms with Crippen molar-refractivity contribution in [1.82, 2.24) is 25.3 Å². The molecular weight excluding hydrogens is 360 g/mol. The quantitative estimate of drug-likeness (QED) is 0.602. The van der Waals surface area contributed by atoms with Crippen molar-refractivity contribution in [2.45, 2.75) is 19.9 Å². The SMILES string of the molecule is CN=C(NCCc1nc(C)no1)N1CCN(Cc2ccc3c(c2)OCO3)CC1. The summed E-state index contributed by atoms with van der Waals surface area (Å²) in [5, 5.41) is 7.20.